The highest BCUT2D eigenvalue weighted by Crippen LogP contribution is 2.22. The van der Waals surface area contributed by atoms with Crippen LogP contribution in [0.1, 0.15) is 39.2 Å². The van der Waals surface area contributed by atoms with E-state index in [-0.39, 0.29) is 11.9 Å². The molecule has 0 saturated heterocycles. The number of hydrogen-bond acceptors (Lipinski definition) is 2. The second kappa shape index (κ2) is 8.16. The summed E-state index contributed by atoms with van der Waals surface area (Å²) in [4.78, 5) is 11.9. The van der Waals surface area contributed by atoms with Gasteiger partial charge in [0.15, 0.2) is 0 Å². The van der Waals surface area contributed by atoms with Crippen molar-refractivity contribution in [1.82, 2.24) is 0 Å². The van der Waals surface area contributed by atoms with Crippen molar-refractivity contribution in [2.75, 3.05) is 6.61 Å². The van der Waals surface area contributed by atoms with Gasteiger partial charge in [0.1, 0.15) is 0 Å². The standard InChI is InChI=1S/C16H21BrO2/c1-4-6-15(16(18)19-5-2)12(3)11-13-7-9-14(17)10-8-13/h7-11,15H,4-6H2,1-3H3/b12-11+. The Morgan fingerprint density at radius 1 is 1.32 bits per heavy atom. The predicted molar refractivity (Wildman–Crippen MR) is 82.8 cm³/mol. The predicted octanol–water partition coefficient (Wildman–Crippen LogP) is 4.83. The van der Waals surface area contributed by atoms with Gasteiger partial charge in [-0.25, -0.2) is 0 Å². The largest absolute Gasteiger partial charge is 0.466 e. The molecule has 0 aliphatic rings. The van der Waals surface area contributed by atoms with Crippen molar-refractivity contribution < 1.29 is 9.53 Å². The number of carbonyl (C=O) groups is 1. The quantitative estimate of drug-likeness (QED) is 0.700. The normalized spacial score (nSPS) is 13.2. The van der Waals surface area contributed by atoms with E-state index in [0.29, 0.717) is 6.61 Å². The van der Waals surface area contributed by atoms with Gasteiger partial charge in [-0.1, -0.05) is 53.1 Å². The minimum atomic E-state index is -0.131. The summed E-state index contributed by atoms with van der Waals surface area (Å²) in [5.41, 5.74) is 2.16. The molecule has 0 amide bonds. The fourth-order valence-corrected chi connectivity index (χ4v) is 2.25. The average molecular weight is 325 g/mol. The molecule has 1 aromatic rings. The molecule has 19 heavy (non-hydrogen) atoms. The fourth-order valence-electron chi connectivity index (χ4n) is 1.99. The van der Waals surface area contributed by atoms with E-state index in [1.165, 1.54) is 0 Å². The van der Waals surface area contributed by atoms with E-state index in [1.807, 2.05) is 38.1 Å². The van der Waals surface area contributed by atoms with Crippen LogP contribution < -0.4 is 0 Å². The summed E-state index contributed by atoms with van der Waals surface area (Å²) in [5, 5.41) is 0. The lowest BCUT2D eigenvalue weighted by molar-refractivity contribution is -0.146. The van der Waals surface area contributed by atoms with Gasteiger partial charge in [-0.05, 0) is 38.0 Å². The van der Waals surface area contributed by atoms with Crippen LogP contribution in [0, 0.1) is 5.92 Å². The fraction of sp³-hybridized carbons (Fsp3) is 0.438. The van der Waals surface area contributed by atoms with Crippen molar-refractivity contribution in [2.24, 2.45) is 5.92 Å². The first-order chi connectivity index (χ1) is 9.08. The van der Waals surface area contributed by atoms with Gasteiger partial charge in [-0.3, -0.25) is 4.79 Å². The maximum Gasteiger partial charge on any atom is 0.313 e. The van der Waals surface area contributed by atoms with Crippen molar-refractivity contribution >= 4 is 28.0 Å². The summed E-state index contributed by atoms with van der Waals surface area (Å²) in [6.07, 6.45) is 3.86. The maximum absolute atomic E-state index is 11.9. The van der Waals surface area contributed by atoms with Gasteiger partial charge in [0, 0.05) is 4.47 Å². The Hall–Kier alpha value is -1.09. The second-order valence-electron chi connectivity index (χ2n) is 4.53. The van der Waals surface area contributed by atoms with E-state index in [4.69, 9.17) is 4.74 Å². The number of esters is 1. The summed E-state index contributed by atoms with van der Waals surface area (Å²) in [5.74, 6) is -0.246. The van der Waals surface area contributed by atoms with Crippen LogP contribution in [0.15, 0.2) is 34.3 Å². The Kier molecular flexibility index (Phi) is 6.85. The zero-order valence-electron chi connectivity index (χ0n) is 11.8. The molecule has 1 rings (SSSR count). The highest BCUT2D eigenvalue weighted by Gasteiger charge is 2.20. The molecular weight excluding hydrogens is 304 g/mol. The van der Waals surface area contributed by atoms with Crippen LogP contribution in [-0.4, -0.2) is 12.6 Å². The molecule has 3 heteroatoms. The number of rotatable bonds is 6. The summed E-state index contributed by atoms with van der Waals surface area (Å²) < 4.78 is 6.20. The number of ether oxygens (including phenoxy) is 1. The van der Waals surface area contributed by atoms with Crippen molar-refractivity contribution in [3.63, 3.8) is 0 Å². The Bertz CT molecular complexity index is 435. The second-order valence-corrected chi connectivity index (χ2v) is 5.45. The zero-order chi connectivity index (χ0) is 14.3. The zero-order valence-corrected chi connectivity index (χ0v) is 13.4. The van der Waals surface area contributed by atoms with Crippen LogP contribution >= 0.6 is 15.9 Å². The molecule has 0 bridgehead atoms. The Balaban J connectivity index is 2.88. The molecule has 1 aromatic carbocycles. The number of halogens is 1. The van der Waals surface area contributed by atoms with E-state index in [2.05, 4.69) is 28.9 Å². The lowest BCUT2D eigenvalue weighted by Crippen LogP contribution is -2.18. The SMILES string of the molecule is CCCC(C(=O)OCC)/C(C)=C/c1ccc(Br)cc1. The molecule has 104 valence electrons. The van der Waals surface area contributed by atoms with Crippen LogP contribution in [0.4, 0.5) is 0 Å². The average Bonchev–Trinajstić information content (AvgIpc) is 2.38. The van der Waals surface area contributed by atoms with Crippen molar-refractivity contribution in [3.05, 3.63) is 39.9 Å². The van der Waals surface area contributed by atoms with Crippen molar-refractivity contribution in [2.45, 2.75) is 33.6 Å². The van der Waals surface area contributed by atoms with Gasteiger partial charge in [0.2, 0.25) is 0 Å². The third kappa shape index (κ3) is 5.19. The van der Waals surface area contributed by atoms with Gasteiger partial charge >= 0.3 is 5.97 Å². The van der Waals surface area contributed by atoms with E-state index in [9.17, 15) is 4.79 Å². The van der Waals surface area contributed by atoms with Crippen molar-refractivity contribution in [1.29, 1.82) is 0 Å². The topological polar surface area (TPSA) is 26.3 Å². The molecule has 0 N–H and O–H groups in total. The first-order valence-corrected chi connectivity index (χ1v) is 7.48. The monoisotopic (exact) mass is 324 g/mol. The highest BCUT2D eigenvalue weighted by atomic mass is 79.9. The molecule has 2 nitrogen and oxygen atoms in total. The van der Waals surface area contributed by atoms with Crippen LogP contribution in [0.5, 0.6) is 0 Å². The molecule has 1 atom stereocenters. The molecule has 0 radical (unpaired) electrons. The smallest absolute Gasteiger partial charge is 0.313 e. The third-order valence-corrected chi connectivity index (χ3v) is 3.49. The van der Waals surface area contributed by atoms with E-state index >= 15 is 0 Å². The van der Waals surface area contributed by atoms with Crippen molar-refractivity contribution in [3.8, 4) is 0 Å². The van der Waals surface area contributed by atoms with E-state index in [0.717, 1.165) is 28.5 Å². The Morgan fingerprint density at radius 3 is 2.47 bits per heavy atom. The van der Waals surface area contributed by atoms with Crippen LogP contribution in [0.3, 0.4) is 0 Å². The van der Waals surface area contributed by atoms with E-state index in [1.54, 1.807) is 0 Å². The van der Waals surface area contributed by atoms with E-state index < -0.39 is 0 Å². The molecule has 0 aromatic heterocycles. The van der Waals surface area contributed by atoms with Gasteiger partial charge in [-0.2, -0.15) is 0 Å². The number of hydrogen-bond donors (Lipinski definition) is 0. The highest BCUT2D eigenvalue weighted by molar-refractivity contribution is 9.10. The molecule has 0 aliphatic heterocycles. The molecule has 0 fully saturated rings. The summed E-state index contributed by atoms with van der Waals surface area (Å²) in [6, 6.07) is 8.06. The molecular formula is C16H21BrO2. The molecule has 1 unspecified atom stereocenters. The first kappa shape index (κ1) is 16.0. The minimum absolute atomic E-state index is 0.116. The molecule has 0 saturated carbocycles. The molecule has 0 heterocycles. The molecule has 0 spiro atoms. The van der Waals surface area contributed by atoms with Gasteiger partial charge in [0.05, 0.1) is 12.5 Å². The van der Waals surface area contributed by atoms with Crippen LogP contribution in [0.25, 0.3) is 6.08 Å². The minimum Gasteiger partial charge on any atom is -0.466 e. The van der Waals surface area contributed by atoms with Gasteiger partial charge in [0.25, 0.3) is 0 Å². The van der Waals surface area contributed by atoms with Gasteiger partial charge < -0.3 is 4.74 Å². The molecule has 0 aliphatic carbocycles. The third-order valence-electron chi connectivity index (χ3n) is 2.96. The lowest BCUT2D eigenvalue weighted by Gasteiger charge is -2.15. The summed E-state index contributed by atoms with van der Waals surface area (Å²) in [7, 11) is 0. The number of carbonyl (C=O) groups excluding carboxylic acids is 1. The number of benzene rings is 1. The first-order valence-electron chi connectivity index (χ1n) is 6.68. The van der Waals surface area contributed by atoms with Crippen LogP contribution in [-0.2, 0) is 9.53 Å². The Labute approximate surface area is 124 Å². The Morgan fingerprint density at radius 2 is 1.95 bits per heavy atom. The van der Waals surface area contributed by atoms with Gasteiger partial charge in [-0.15, -0.1) is 0 Å². The summed E-state index contributed by atoms with van der Waals surface area (Å²) >= 11 is 3.41. The summed E-state index contributed by atoms with van der Waals surface area (Å²) in [6.45, 7) is 6.36. The van der Waals surface area contributed by atoms with Crippen LogP contribution in [0.2, 0.25) is 0 Å². The maximum atomic E-state index is 11.9. The lowest BCUT2D eigenvalue weighted by atomic mass is 9.94.